The highest BCUT2D eigenvalue weighted by atomic mass is 16.5. The van der Waals surface area contributed by atoms with Gasteiger partial charge in [0.1, 0.15) is 0 Å². The van der Waals surface area contributed by atoms with Crippen LogP contribution in [-0.2, 0) is 4.74 Å². The van der Waals surface area contributed by atoms with Gasteiger partial charge in [-0.3, -0.25) is 0 Å². The smallest absolute Gasteiger partial charge is 0.0947 e. The van der Waals surface area contributed by atoms with Crippen LogP contribution in [0, 0.1) is 11.8 Å². The zero-order valence-electron chi connectivity index (χ0n) is 9.45. The fourth-order valence-corrected chi connectivity index (χ4v) is 4.25. The van der Waals surface area contributed by atoms with E-state index in [-0.39, 0.29) is 12.2 Å². The molecule has 86 valence electrons. The van der Waals surface area contributed by atoms with Gasteiger partial charge in [-0.2, -0.15) is 0 Å². The Bertz CT molecular complexity index is 241. The largest absolute Gasteiger partial charge is 0.393 e. The summed E-state index contributed by atoms with van der Waals surface area (Å²) < 4.78 is 6.26. The van der Waals surface area contributed by atoms with Crippen molar-refractivity contribution in [2.45, 2.75) is 63.1 Å². The van der Waals surface area contributed by atoms with Gasteiger partial charge in [-0.25, -0.2) is 0 Å². The first-order valence-corrected chi connectivity index (χ1v) is 6.64. The SMILES string of the molecule is OCC12CCCCC1C1CCCCC1O2. The molecule has 3 fully saturated rings. The lowest BCUT2D eigenvalue weighted by atomic mass is 9.68. The summed E-state index contributed by atoms with van der Waals surface area (Å²) in [4.78, 5) is 0. The van der Waals surface area contributed by atoms with Crippen molar-refractivity contribution < 1.29 is 9.84 Å². The predicted octanol–water partition coefficient (Wildman–Crippen LogP) is 2.50. The third-order valence-corrected chi connectivity index (χ3v) is 4.97. The van der Waals surface area contributed by atoms with Crippen LogP contribution in [0.15, 0.2) is 0 Å². The van der Waals surface area contributed by atoms with Crippen LogP contribution in [-0.4, -0.2) is 23.4 Å². The van der Waals surface area contributed by atoms with E-state index in [9.17, 15) is 5.11 Å². The van der Waals surface area contributed by atoms with Gasteiger partial charge in [0.05, 0.1) is 18.3 Å². The number of hydrogen-bond acceptors (Lipinski definition) is 2. The monoisotopic (exact) mass is 210 g/mol. The summed E-state index contributed by atoms with van der Waals surface area (Å²) in [5.74, 6) is 1.44. The number of rotatable bonds is 1. The van der Waals surface area contributed by atoms with Gasteiger partial charge in [0, 0.05) is 0 Å². The second-order valence-electron chi connectivity index (χ2n) is 5.68. The van der Waals surface area contributed by atoms with Crippen molar-refractivity contribution in [2.24, 2.45) is 11.8 Å². The van der Waals surface area contributed by atoms with Crippen molar-refractivity contribution >= 4 is 0 Å². The highest BCUT2D eigenvalue weighted by Crippen LogP contribution is 2.53. The average Bonchev–Trinajstić information content (AvgIpc) is 2.64. The lowest BCUT2D eigenvalue weighted by molar-refractivity contribution is -0.108. The van der Waals surface area contributed by atoms with E-state index in [0.29, 0.717) is 12.0 Å². The molecule has 0 bridgehead atoms. The first-order chi connectivity index (χ1) is 7.36. The highest BCUT2D eigenvalue weighted by Gasteiger charge is 2.54. The molecule has 0 aromatic rings. The van der Waals surface area contributed by atoms with Crippen molar-refractivity contribution in [3.05, 3.63) is 0 Å². The molecule has 0 spiro atoms. The molecule has 15 heavy (non-hydrogen) atoms. The van der Waals surface area contributed by atoms with Crippen LogP contribution in [0.2, 0.25) is 0 Å². The third-order valence-electron chi connectivity index (χ3n) is 4.97. The van der Waals surface area contributed by atoms with Gasteiger partial charge in [0.2, 0.25) is 0 Å². The van der Waals surface area contributed by atoms with E-state index in [1.807, 2.05) is 0 Å². The van der Waals surface area contributed by atoms with Crippen molar-refractivity contribution in [1.82, 2.24) is 0 Å². The summed E-state index contributed by atoms with van der Waals surface area (Å²) in [6.07, 6.45) is 10.8. The van der Waals surface area contributed by atoms with Crippen LogP contribution in [0.3, 0.4) is 0 Å². The maximum atomic E-state index is 9.67. The normalized spacial score (nSPS) is 49.8. The molecule has 4 atom stereocenters. The molecule has 0 aromatic heterocycles. The Morgan fingerprint density at radius 3 is 2.73 bits per heavy atom. The van der Waals surface area contributed by atoms with E-state index >= 15 is 0 Å². The molecule has 2 heteroatoms. The Morgan fingerprint density at radius 2 is 1.87 bits per heavy atom. The summed E-state index contributed by atoms with van der Waals surface area (Å²) in [7, 11) is 0. The molecule has 1 aliphatic heterocycles. The summed E-state index contributed by atoms with van der Waals surface area (Å²) in [5.41, 5.74) is -0.127. The van der Waals surface area contributed by atoms with E-state index in [2.05, 4.69) is 0 Å². The van der Waals surface area contributed by atoms with Gasteiger partial charge in [0.25, 0.3) is 0 Å². The van der Waals surface area contributed by atoms with Crippen LogP contribution in [0.5, 0.6) is 0 Å². The molecule has 4 unspecified atom stereocenters. The minimum Gasteiger partial charge on any atom is -0.393 e. The van der Waals surface area contributed by atoms with Gasteiger partial charge in [-0.15, -0.1) is 0 Å². The lowest BCUT2D eigenvalue weighted by Gasteiger charge is -2.38. The van der Waals surface area contributed by atoms with Gasteiger partial charge in [-0.05, 0) is 37.5 Å². The number of aliphatic hydroxyl groups is 1. The van der Waals surface area contributed by atoms with E-state index in [1.165, 1.54) is 44.9 Å². The van der Waals surface area contributed by atoms with E-state index in [0.717, 1.165) is 12.3 Å². The fourth-order valence-electron chi connectivity index (χ4n) is 4.25. The zero-order chi connectivity index (χ0) is 10.3. The van der Waals surface area contributed by atoms with Crippen molar-refractivity contribution in [3.8, 4) is 0 Å². The van der Waals surface area contributed by atoms with Crippen molar-refractivity contribution in [1.29, 1.82) is 0 Å². The Balaban J connectivity index is 1.86. The molecule has 1 heterocycles. The molecule has 1 saturated heterocycles. The molecule has 2 aliphatic carbocycles. The van der Waals surface area contributed by atoms with Crippen molar-refractivity contribution in [3.63, 3.8) is 0 Å². The van der Waals surface area contributed by atoms with Gasteiger partial charge in [-0.1, -0.05) is 25.7 Å². The molecule has 3 rings (SSSR count). The van der Waals surface area contributed by atoms with Crippen LogP contribution < -0.4 is 0 Å². The minimum atomic E-state index is -0.127. The highest BCUT2D eigenvalue weighted by molar-refractivity contribution is 5.03. The molecule has 2 saturated carbocycles. The summed E-state index contributed by atoms with van der Waals surface area (Å²) >= 11 is 0. The van der Waals surface area contributed by atoms with E-state index < -0.39 is 0 Å². The first kappa shape index (κ1) is 10.1. The maximum Gasteiger partial charge on any atom is 0.0947 e. The van der Waals surface area contributed by atoms with Crippen LogP contribution >= 0.6 is 0 Å². The maximum absolute atomic E-state index is 9.67. The topological polar surface area (TPSA) is 29.5 Å². The van der Waals surface area contributed by atoms with Gasteiger partial charge >= 0.3 is 0 Å². The summed E-state index contributed by atoms with van der Waals surface area (Å²) in [6, 6.07) is 0. The molecule has 0 aromatic carbocycles. The standard InChI is InChI=1S/C13H22O2/c14-9-13-8-4-3-6-11(13)10-5-1-2-7-12(10)15-13/h10-12,14H,1-9H2. The third kappa shape index (κ3) is 1.45. The number of ether oxygens (including phenoxy) is 1. The average molecular weight is 210 g/mol. The van der Waals surface area contributed by atoms with E-state index in [1.54, 1.807) is 0 Å². The molecule has 0 radical (unpaired) electrons. The Labute approximate surface area is 92.0 Å². The van der Waals surface area contributed by atoms with Crippen LogP contribution in [0.1, 0.15) is 51.4 Å². The summed E-state index contributed by atoms with van der Waals surface area (Å²) in [5, 5.41) is 9.67. The second kappa shape index (κ2) is 3.74. The Kier molecular flexibility index (Phi) is 2.52. The van der Waals surface area contributed by atoms with Gasteiger partial charge < -0.3 is 9.84 Å². The molecule has 3 aliphatic rings. The predicted molar refractivity (Wildman–Crippen MR) is 58.6 cm³/mol. The molecular weight excluding hydrogens is 188 g/mol. The van der Waals surface area contributed by atoms with Gasteiger partial charge in [0.15, 0.2) is 0 Å². The van der Waals surface area contributed by atoms with Crippen LogP contribution in [0.25, 0.3) is 0 Å². The lowest BCUT2D eigenvalue weighted by Crippen LogP contribution is -2.43. The molecule has 0 amide bonds. The molecule has 2 nitrogen and oxygen atoms in total. The van der Waals surface area contributed by atoms with Crippen LogP contribution in [0.4, 0.5) is 0 Å². The minimum absolute atomic E-state index is 0.127. The van der Waals surface area contributed by atoms with E-state index in [4.69, 9.17) is 4.74 Å². The first-order valence-electron chi connectivity index (χ1n) is 6.64. The van der Waals surface area contributed by atoms with Crippen molar-refractivity contribution in [2.75, 3.05) is 6.61 Å². The quantitative estimate of drug-likeness (QED) is 0.720. The number of fused-ring (bicyclic) bond motifs is 3. The second-order valence-corrected chi connectivity index (χ2v) is 5.68. The Morgan fingerprint density at radius 1 is 1.07 bits per heavy atom. The molecular formula is C13H22O2. The number of aliphatic hydroxyl groups excluding tert-OH is 1. The Hall–Kier alpha value is -0.0800. The zero-order valence-corrected chi connectivity index (χ0v) is 9.45. The summed E-state index contributed by atoms with van der Waals surface area (Å²) in [6.45, 7) is 0.255. The molecule has 1 N–H and O–H groups in total. The fraction of sp³-hybridized carbons (Fsp3) is 1.00. The number of hydrogen-bond donors (Lipinski definition) is 1.